The van der Waals surface area contributed by atoms with Crippen LogP contribution in [0.5, 0.6) is 0 Å². The van der Waals surface area contributed by atoms with Gasteiger partial charge in [0, 0.05) is 5.02 Å². The fourth-order valence-electron chi connectivity index (χ4n) is 1.71. The molecule has 1 atom stereocenters. The monoisotopic (exact) mass is 330 g/mol. The van der Waals surface area contributed by atoms with Crippen LogP contribution in [0.2, 0.25) is 5.02 Å². The Hall–Kier alpha value is -0.980. The molecule has 1 unspecified atom stereocenters. The summed E-state index contributed by atoms with van der Waals surface area (Å²) in [5.41, 5.74) is 0.828. The van der Waals surface area contributed by atoms with E-state index in [0.717, 1.165) is 21.7 Å². The van der Waals surface area contributed by atoms with Crippen molar-refractivity contribution < 1.29 is 9.90 Å². The van der Waals surface area contributed by atoms with Gasteiger partial charge in [-0.15, -0.1) is 0 Å². The van der Waals surface area contributed by atoms with Gasteiger partial charge in [0.25, 0.3) is 0 Å². The number of carboxylic acid groups (broad SMARTS) is 1. The molecule has 2 rings (SSSR count). The first-order valence-electron chi connectivity index (χ1n) is 6.23. The Morgan fingerprint density at radius 1 is 1.60 bits per heavy atom. The van der Waals surface area contributed by atoms with Crippen LogP contribution >= 0.6 is 34.7 Å². The van der Waals surface area contributed by atoms with Crippen LogP contribution in [0.3, 0.4) is 0 Å². The Balaban J connectivity index is 2.09. The number of carbonyl (C=O) groups is 1. The van der Waals surface area contributed by atoms with Gasteiger partial charge in [0.05, 0.1) is 10.2 Å². The van der Waals surface area contributed by atoms with E-state index in [4.69, 9.17) is 11.6 Å². The van der Waals surface area contributed by atoms with E-state index in [1.165, 1.54) is 11.3 Å². The lowest BCUT2D eigenvalue weighted by atomic mass is 10.2. The zero-order valence-corrected chi connectivity index (χ0v) is 13.3. The van der Waals surface area contributed by atoms with Gasteiger partial charge in [0.1, 0.15) is 6.04 Å². The summed E-state index contributed by atoms with van der Waals surface area (Å²) in [6, 6.07) is 4.84. The molecule has 2 aromatic rings. The molecule has 2 N–H and O–H groups in total. The number of nitrogens with one attached hydrogen (secondary N) is 1. The van der Waals surface area contributed by atoms with Crippen LogP contribution in [-0.4, -0.2) is 33.6 Å². The molecule has 0 saturated heterocycles. The second-order valence-corrected chi connectivity index (χ2v) is 7.01. The summed E-state index contributed by atoms with van der Waals surface area (Å²) in [5.74, 6) is 0.961. The minimum absolute atomic E-state index is 0.574. The van der Waals surface area contributed by atoms with Gasteiger partial charge in [-0.2, -0.15) is 11.8 Å². The average molecular weight is 331 g/mol. The Morgan fingerprint density at radius 2 is 2.40 bits per heavy atom. The first-order chi connectivity index (χ1) is 9.60. The molecule has 7 heteroatoms. The Kier molecular flexibility index (Phi) is 5.51. The van der Waals surface area contributed by atoms with E-state index in [0.29, 0.717) is 16.6 Å². The minimum atomic E-state index is -0.848. The lowest BCUT2D eigenvalue weighted by molar-refractivity contribution is -0.137. The number of thioether (sulfide) groups is 1. The number of rotatable bonds is 7. The molecule has 0 saturated carbocycles. The number of carboxylic acids is 1. The summed E-state index contributed by atoms with van der Waals surface area (Å²) >= 11 is 9.08. The van der Waals surface area contributed by atoms with E-state index in [-0.39, 0.29) is 0 Å². The molecule has 0 aliphatic rings. The van der Waals surface area contributed by atoms with Crippen molar-refractivity contribution in [2.45, 2.75) is 19.4 Å². The van der Waals surface area contributed by atoms with Gasteiger partial charge in [-0.3, -0.25) is 0 Å². The van der Waals surface area contributed by atoms with Crippen molar-refractivity contribution in [1.29, 1.82) is 0 Å². The van der Waals surface area contributed by atoms with Gasteiger partial charge in [-0.25, -0.2) is 9.78 Å². The van der Waals surface area contributed by atoms with Gasteiger partial charge in [-0.05, 0) is 36.1 Å². The third-order valence-corrected chi connectivity index (χ3v) is 4.82. The predicted octanol–water partition coefficient (Wildman–Crippen LogP) is 3.96. The van der Waals surface area contributed by atoms with E-state index in [1.807, 2.05) is 12.1 Å². The smallest absolute Gasteiger partial charge is 0.326 e. The van der Waals surface area contributed by atoms with Gasteiger partial charge < -0.3 is 10.4 Å². The number of benzene rings is 1. The maximum atomic E-state index is 11.3. The first kappa shape index (κ1) is 15.4. The largest absolute Gasteiger partial charge is 0.480 e. The van der Waals surface area contributed by atoms with E-state index >= 15 is 0 Å². The summed E-state index contributed by atoms with van der Waals surface area (Å²) in [6.45, 7) is 2.06. The van der Waals surface area contributed by atoms with Crippen LogP contribution in [0.15, 0.2) is 18.2 Å². The number of hydrogen-bond acceptors (Lipinski definition) is 5. The summed E-state index contributed by atoms with van der Waals surface area (Å²) in [4.78, 5) is 15.6. The molecule has 0 aliphatic carbocycles. The van der Waals surface area contributed by atoms with Crippen LogP contribution in [0.25, 0.3) is 10.2 Å². The second-order valence-electron chi connectivity index (χ2n) is 4.15. The number of fused-ring (bicyclic) bond motifs is 1. The predicted molar refractivity (Wildman–Crippen MR) is 87.3 cm³/mol. The number of thiazole rings is 1. The van der Waals surface area contributed by atoms with Crippen molar-refractivity contribution in [2.75, 3.05) is 16.8 Å². The molecule has 0 fully saturated rings. The third-order valence-electron chi connectivity index (χ3n) is 2.70. The number of aliphatic carboxylic acids is 1. The maximum Gasteiger partial charge on any atom is 0.326 e. The lowest BCUT2D eigenvalue weighted by Gasteiger charge is -2.12. The molecule has 108 valence electrons. The summed E-state index contributed by atoms with van der Waals surface area (Å²) < 4.78 is 0.951. The van der Waals surface area contributed by atoms with E-state index in [2.05, 4.69) is 17.2 Å². The van der Waals surface area contributed by atoms with Crippen molar-refractivity contribution in [3.05, 3.63) is 23.2 Å². The topological polar surface area (TPSA) is 62.2 Å². The highest BCUT2D eigenvalue weighted by molar-refractivity contribution is 7.99. The summed E-state index contributed by atoms with van der Waals surface area (Å²) in [5, 5.41) is 13.5. The Labute approximate surface area is 130 Å². The molecule has 4 nitrogen and oxygen atoms in total. The Morgan fingerprint density at radius 3 is 3.10 bits per heavy atom. The highest BCUT2D eigenvalue weighted by Crippen LogP contribution is 2.29. The van der Waals surface area contributed by atoms with Crippen molar-refractivity contribution >= 4 is 56.0 Å². The van der Waals surface area contributed by atoms with Crippen LogP contribution in [0.1, 0.15) is 13.3 Å². The lowest BCUT2D eigenvalue weighted by Crippen LogP contribution is -2.29. The van der Waals surface area contributed by atoms with Gasteiger partial charge in [-0.1, -0.05) is 29.9 Å². The quantitative estimate of drug-likeness (QED) is 0.752. The summed E-state index contributed by atoms with van der Waals surface area (Å²) in [6.07, 6.45) is 0.574. The van der Waals surface area contributed by atoms with Crippen molar-refractivity contribution in [2.24, 2.45) is 0 Å². The molecule has 0 amide bonds. The number of hydrogen-bond donors (Lipinski definition) is 2. The van der Waals surface area contributed by atoms with E-state index in [9.17, 15) is 9.90 Å². The number of aromatic nitrogens is 1. The van der Waals surface area contributed by atoms with Crippen molar-refractivity contribution in [1.82, 2.24) is 4.98 Å². The fraction of sp³-hybridized carbons (Fsp3) is 0.385. The molecular formula is C13H15ClN2O2S2. The van der Waals surface area contributed by atoms with Crippen LogP contribution < -0.4 is 5.32 Å². The zero-order chi connectivity index (χ0) is 14.5. The van der Waals surface area contributed by atoms with Gasteiger partial charge >= 0.3 is 5.97 Å². The van der Waals surface area contributed by atoms with Crippen LogP contribution in [0, 0.1) is 0 Å². The van der Waals surface area contributed by atoms with Gasteiger partial charge in [0.2, 0.25) is 0 Å². The molecular weight excluding hydrogens is 316 g/mol. The number of halogens is 1. The molecule has 0 radical (unpaired) electrons. The molecule has 0 aliphatic heterocycles. The fourth-order valence-corrected chi connectivity index (χ4v) is 3.60. The number of anilines is 1. The first-order valence-corrected chi connectivity index (χ1v) is 8.58. The minimum Gasteiger partial charge on any atom is -0.480 e. The van der Waals surface area contributed by atoms with E-state index in [1.54, 1.807) is 17.8 Å². The third kappa shape index (κ3) is 4.01. The highest BCUT2D eigenvalue weighted by atomic mass is 35.5. The molecule has 1 aromatic carbocycles. The average Bonchev–Trinajstić information content (AvgIpc) is 2.79. The highest BCUT2D eigenvalue weighted by Gasteiger charge is 2.18. The molecule has 0 bridgehead atoms. The van der Waals surface area contributed by atoms with Crippen LogP contribution in [0.4, 0.5) is 5.13 Å². The van der Waals surface area contributed by atoms with Crippen molar-refractivity contribution in [3.8, 4) is 0 Å². The molecule has 20 heavy (non-hydrogen) atoms. The summed E-state index contributed by atoms with van der Waals surface area (Å²) in [7, 11) is 0. The normalized spacial score (nSPS) is 12.5. The van der Waals surface area contributed by atoms with E-state index < -0.39 is 12.0 Å². The van der Waals surface area contributed by atoms with Crippen LogP contribution in [-0.2, 0) is 4.79 Å². The molecule has 1 heterocycles. The number of nitrogens with zero attached hydrogens (tertiary/aromatic N) is 1. The standard InChI is InChI=1S/C13H15ClN2O2S2/c1-2-19-6-5-10(12(17)18)16-13-15-9-4-3-8(14)7-11(9)20-13/h3-4,7,10H,2,5-6H2,1H3,(H,15,16)(H,17,18). The zero-order valence-electron chi connectivity index (χ0n) is 10.9. The molecule has 1 aromatic heterocycles. The Bertz CT molecular complexity index is 603. The van der Waals surface area contributed by atoms with Gasteiger partial charge in [0.15, 0.2) is 5.13 Å². The molecule has 0 spiro atoms. The second kappa shape index (κ2) is 7.15. The SMILES string of the molecule is CCSCCC(Nc1nc2ccc(Cl)cc2s1)C(=O)O. The maximum absolute atomic E-state index is 11.3. The van der Waals surface area contributed by atoms with Crippen molar-refractivity contribution in [3.63, 3.8) is 0 Å².